The zero-order valence-electron chi connectivity index (χ0n) is 12.8. The summed E-state index contributed by atoms with van der Waals surface area (Å²) in [6, 6.07) is 11.5. The van der Waals surface area contributed by atoms with Gasteiger partial charge in [-0.1, -0.05) is 18.2 Å². The van der Waals surface area contributed by atoms with E-state index >= 15 is 0 Å². The molecule has 0 spiro atoms. The van der Waals surface area contributed by atoms with E-state index in [0.717, 1.165) is 20.1 Å². The standard InChI is InChI=1S/C18H15NO3S2/c20-14(16-8-4-12-23-16)6-3-11-22-18(21)10-9-17-19-13-5-1-2-7-15(13)24-17/h1-2,4-5,7-10,12H,3,6,11H2/b10-9+. The monoisotopic (exact) mass is 357 g/mol. The van der Waals surface area contributed by atoms with Crippen LogP contribution in [-0.2, 0) is 9.53 Å². The number of hydrogen-bond acceptors (Lipinski definition) is 6. The second-order valence-corrected chi connectivity index (χ2v) is 7.03. The molecule has 0 saturated heterocycles. The Labute approximate surface area is 147 Å². The summed E-state index contributed by atoms with van der Waals surface area (Å²) in [6.45, 7) is 0.236. The molecule has 6 heteroatoms. The number of thiophene rings is 1. The van der Waals surface area contributed by atoms with Gasteiger partial charge in [0.1, 0.15) is 5.01 Å². The Morgan fingerprint density at radius 3 is 2.83 bits per heavy atom. The average Bonchev–Trinajstić information content (AvgIpc) is 3.25. The zero-order valence-corrected chi connectivity index (χ0v) is 14.4. The quantitative estimate of drug-likeness (QED) is 0.269. The molecule has 0 saturated carbocycles. The molecule has 3 rings (SSSR count). The first-order valence-electron chi connectivity index (χ1n) is 7.49. The first kappa shape index (κ1) is 16.5. The fourth-order valence-electron chi connectivity index (χ4n) is 2.11. The maximum atomic E-state index is 11.8. The fourth-order valence-corrected chi connectivity index (χ4v) is 3.68. The van der Waals surface area contributed by atoms with E-state index in [-0.39, 0.29) is 12.4 Å². The van der Waals surface area contributed by atoms with E-state index in [1.165, 1.54) is 28.7 Å². The molecule has 0 radical (unpaired) electrons. The molecule has 0 fully saturated rings. The van der Waals surface area contributed by atoms with Crippen molar-refractivity contribution >= 4 is 50.7 Å². The van der Waals surface area contributed by atoms with Gasteiger partial charge in [-0.15, -0.1) is 22.7 Å². The van der Waals surface area contributed by atoms with Gasteiger partial charge in [0.2, 0.25) is 0 Å². The summed E-state index contributed by atoms with van der Waals surface area (Å²) < 4.78 is 6.19. The Hall–Kier alpha value is -2.31. The third kappa shape index (κ3) is 4.37. The van der Waals surface area contributed by atoms with Crippen molar-refractivity contribution in [3.63, 3.8) is 0 Å². The number of carbonyl (C=O) groups is 2. The van der Waals surface area contributed by atoms with Crippen LogP contribution in [0.25, 0.3) is 16.3 Å². The molecule has 1 aromatic carbocycles. The lowest BCUT2D eigenvalue weighted by Crippen LogP contribution is -2.04. The Morgan fingerprint density at radius 1 is 1.17 bits per heavy atom. The number of benzene rings is 1. The van der Waals surface area contributed by atoms with Crippen molar-refractivity contribution in [2.24, 2.45) is 0 Å². The Balaban J connectivity index is 1.43. The number of ether oxygens (including phenoxy) is 1. The van der Waals surface area contributed by atoms with Crippen LogP contribution in [0.4, 0.5) is 0 Å². The summed E-state index contributed by atoms with van der Waals surface area (Å²) in [5, 5.41) is 2.64. The number of nitrogens with zero attached hydrogens (tertiary/aromatic N) is 1. The second-order valence-electron chi connectivity index (χ2n) is 5.02. The minimum Gasteiger partial charge on any atom is -0.463 e. The molecule has 0 amide bonds. The van der Waals surface area contributed by atoms with Crippen LogP contribution in [0.3, 0.4) is 0 Å². The number of para-hydroxylation sites is 1. The van der Waals surface area contributed by atoms with Gasteiger partial charge < -0.3 is 4.74 Å². The summed E-state index contributed by atoms with van der Waals surface area (Å²) in [4.78, 5) is 28.6. The molecule has 0 N–H and O–H groups in total. The summed E-state index contributed by atoms with van der Waals surface area (Å²) >= 11 is 2.95. The lowest BCUT2D eigenvalue weighted by Gasteiger charge is -2.00. The molecule has 0 bridgehead atoms. The number of Topliss-reactive ketones (excluding diaryl/α,β-unsaturated/α-hetero) is 1. The third-order valence-corrected chi connectivity index (χ3v) is 5.17. The highest BCUT2D eigenvalue weighted by Crippen LogP contribution is 2.22. The number of aromatic nitrogens is 1. The summed E-state index contributed by atoms with van der Waals surface area (Å²) in [5.41, 5.74) is 0.919. The van der Waals surface area contributed by atoms with E-state index in [1.54, 1.807) is 12.1 Å². The van der Waals surface area contributed by atoms with Crippen molar-refractivity contribution in [2.45, 2.75) is 12.8 Å². The van der Waals surface area contributed by atoms with Crippen molar-refractivity contribution in [2.75, 3.05) is 6.61 Å². The van der Waals surface area contributed by atoms with E-state index < -0.39 is 5.97 Å². The van der Waals surface area contributed by atoms with Crippen molar-refractivity contribution in [1.82, 2.24) is 4.98 Å². The minimum absolute atomic E-state index is 0.0890. The van der Waals surface area contributed by atoms with Gasteiger partial charge in [-0.05, 0) is 36.1 Å². The Morgan fingerprint density at radius 2 is 2.04 bits per heavy atom. The normalized spacial score (nSPS) is 11.2. The van der Waals surface area contributed by atoms with E-state index in [4.69, 9.17) is 4.74 Å². The van der Waals surface area contributed by atoms with E-state index in [1.807, 2.05) is 35.7 Å². The largest absolute Gasteiger partial charge is 0.463 e. The molecule has 0 atom stereocenters. The lowest BCUT2D eigenvalue weighted by molar-refractivity contribution is -0.137. The lowest BCUT2D eigenvalue weighted by atomic mass is 10.2. The molecule has 0 aliphatic heterocycles. The van der Waals surface area contributed by atoms with Crippen LogP contribution in [0.2, 0.25) is 0 Å². The highest BCUT2D eigenvalue weighted by atomic mass is 32.1. The highest BCUT2D eigenvalue weighted by Gasteiger charge is 2.07. The van der Waals surface area contributed by atoms with Crippen molar-refractivity contribution in [3.8, 4) is 0 Å². The molecule has 3 aromatic rings. The maximum absolute atomic E-state index is 11.8. The molecular weight excluding hydrogens is 342 g/mol. The first-order valence-corrected chi connectivity index (χ1v) is 9.19. The van der Waals surface area contributed by atoms with Gasteiger partial charge in [-0.25, -0.2) is 9.78 Å². The van der Waals surface area contributed by atoms with Crippen LogP contribution in [-0.4, -0.2) is 23.3 Å². The van der Waals surface area contributed by atoms with Crippen LogP contribution in [0, 0.1) is 0 Å². The minimum atomic E-state index is -0.419. The van der Waals surface area contributed by atoms with Gasteiger partial charge in [0.05, 0.1) is 21.7 Å². The summed E-state index contributed by atoms with van der Waals surface area (Å²) in [7, 11) is 0. The van der Waals surface area contributed by atoms with Crippen LogP contribution in [0.1, 0.15) is 27.5 Å². The van der Waals surface area contributed by atoms with Crippen LogP contribution in [0.15, 0.2) is 47.9 Å². The Bertz CT molecular complexity index is 832. The van der Waals surface area contributed by atoms with E-state index in [0.29, 0.717) is 12.8 Å². The number of ketones is 1. The van der Waals surface area contributed by atoms with Gasteiger partial charge in [-0.2, -0.15) is 0 Å². The number of thiazole rings is 1. The van der Waals surface area contributed by atoms with Gasteiger partial charge in [-0.3, -0.25) is 4.79 Å². The van der Waals surface area contributed by atoms with Crippen LogP contribution in [0.5, 0.6) is 0 Å². The van der Waals surface area contributed by atoms with E-state index in [2.05, 4.69) is 4.98 Å². The predicted molar refractivity (Wildman–Crippen MR) is 97.5 cm³/mol. The van der Waals surface area contributed by atoms with Crippen LogP contribution >= 0.6 is 22.7 Å². The molecule has 4 nitrogen and oxygen atoms in total. The first-order chi connectivity index (χ1) is 11.7. The van der Waals surface area contributed by atoms with Gasteiger partial charge in [0, 0.05) is 12.5 Å². The number of fused-ring (bicyclic) bond motifs is 1. The summed E-state index contributed by atoms with van der Waals surface area (Å²) in [6.07, 6.45) is 3.94. The smallest absolute Gasteiger partial charge is 0.330 e. The molecule has 0 aliphatic carbocycles. The average molecular weight is 357 g/mol. The fraction of sp³-hybridized carbons (Fsp3) is 0.167. The second kappa shape index (κ2) is 7.99. The molecule has 122 valence electrons. The SMILES string of the molecule is O=C(/C=C/c1nc2ccccc2s1)OCCCC(=O)c1cccs1. The summed E-state index contributed by atoms with van der Waals surface area (Å²) in [5.74, 6) is -0.330. The number of carbonyl (C=O) groups excluding carboxylic acids is 2. The van der Waals surface area contributed by atoms with Crippen molar-refractivity contribution in [3.05, 3.63) is 57.7 Å². The topological polar surface area (TPSA) is 56.3 Å². The van der Waals surface area contributed by atoms with Gasteiger partial charge in [0.25, 0.3) is 0 Å². The number of hydrogen-bond donors (Lipinski definition) is 0. The number of esters is 1. The third-order valence-electron chi connectivity index (χ3n) is 3.26. The van der Waals surface area contributed by atoms with E-state index in [9.17, 15) is 9.59 Å². The molecule has 2 aromatic heterocycles. The number of rotatable bonds is 7. The molecule has 24 heavy (non-hydrogen) atoms. The Kier molecular flexibility index (Phi) is 5.51. The maximum Gasteiger partial charge on any atom is 0.330 e. The molecule has 0 aliphatic rings. The highest BCUT2D eigenvalue weighted by molar-refractivity contribution is 7.19. The zero-order chi connectivity index (χ0) is 16.8. The molecule has 2 heterocycles. The van der Waals surface area contributed by atoms with Gasteiger partial charge >= 0.3 is 5.97 Å². The van der Waals surface area contributed by atoms with Crippen molar-refractivity contribution < 1.29 is 14.3 Å². The molecular formula is C18H15NO3S2. The van der Waals surface area contributed by atoms with Crippen molar-refractivity contribution in [1.29, 1.82) is 0 Å². The van der Waals surface area contributed by atoms with Gasteiger partial charge in [0.15, 0.2) is 5.78 Å². The van der Waals surface area contributed by atoms with Crippen LogP contribution < -0.4 is 0 Å². The predicted octanol–water partition coefficient (Wildman–Crippen LogP) is 4.58. The molecule has 0 unspecified atom stereocenters.